The van der Waals surface area contributed by atoms with Crippen LogP contribution in [0.15, 0.2) is 11.6 Å². The molecule has 1 unspecified atom stereocenters. The van der Waals surface area contributed by atoms with E-state index < -0.39 is 22.0 Å². The molecule has 5 aliphatic rings. The molecule has 0 spiro atoms. The molecule has 36 heavy (non-hydrogen) atoms. The van der Waals surface area contributed by atoms with Crippen LogP contribution in [0.4, 0.5) is 0 Å². The first-order chi connectivity index (χ1) is 17.1. The average molecular weight is 503 g/mol. The van der Waals surface area contributed by atoms with Gasteiger partial charge in [0.15, 0.2) is 0 Å². The summed E-state index contributed by atoms with van der Waals surface area (Å²) in [4.78, 5) is 37.0. The number of carbonyl (C=O) groups excluding carboxylic acids is 3. The third-order valence-electron chi connectivity index (χ3n) is 11.1. The third-order valence-corrected chi connectivity index (χ3v) is 11.1. The Hall–Kier alpha value is -1.73. The van der Waals surface area contributed by atoms with Gasteiger partial charge in [0, 0.05) is 24.3 Å². The zero-order valence-electron chi connectivity index (χ0n) is 21.8. The summed E-state index contributed by atoms with van der Waals surface area (Å²) in [5, 5.41) is 24.3. The van der Waals surface area contributed by atoms with Gasteiger partial charge in [0.05, 0.1) is 16.6 Å². The summed E-state index contributed by atoms with van der Waals surface area (Å²) in [6, 6.07) is 0. The Labute approximate surface area is 214 Å². The average Bonchev–Trinajstić information content (AvgIpc) is 3.38. The molecule has 8 atom stereocenters. The van der Waals surface area contributed by atoms with Crippen molar-refractivity contribution in [2.45, 2.75) is 115 Å². The molecule has 5 rings (SSSR count). The minimum atomic E-state index is -1.22. The molecule has 4 aliphatic carbocycles. The van der Waals surface area contributed by atoms with Gasteiger partial charge in [-0.1, -0.05) is 26.7 Å². The highest BCUT2D eigenvalue weighted by Crippen LogP contribution is 2.70. The molecular weight excluding hydrogens is 460 g/mol. The van der Waals surface area contributed by atoms with Crippen LogP contribution in [0.3, 0.4) is 0 Å². The van der Waals surface area contributed by atoms with Gasteiger partial charge < -0.3 is 24.5 Å². The van der Waals surface area contributed by atoms with E-state index in [0.717, 1.165) is 50.4 Å². The molecule has 0 saturated heterocycles. The minimum absolute atomic E-state index is 0.0847. The second-order valence-electron chi connectivity index (χ2n) is 12.6. The number of cyclic esters (lactones) is 1. The van der Waals surface area contributed by atoms with Crippen LogP contribution in [-0.4, -0.2) is 52.4 Å². The monoisotopic (exact) mass is 502 g/mol. The van der Waals surface area contributed by atoms with Crippen molar-refractivity contribution in [1.82, 2.24) is 0 Å². The van der Waals surface area contributed by atoms with Crippen molar-refractivity contribution < 1.29 is 34.1 Å². The first kappa shape index (κ1) is 25.9. The Bertz CT molecular complexity index is 944. The molecular formula is C29H42O7. The Morgan fingerprint density at radius 3 is 2.58 bits per heavy atom. The molecule has 0 amide bonds. The zero-order valence-corrected chi connectivity index (χ0v) is 21.8. The second-order valence-corrected chi connectivity index (χ2v) is 12.6. The zero-order chi connectivity index (χ0) is 25.8. The van der Waals surface area contributed by atoms with E-state index in [4.69, 9.17) is 9.47 Å². The van der Waals surface area contributed by atoms with Crippen LogP contribution < -0.4 is 0 Å². The molecule has 1 aliphatic heterocycles. The third kappa shape index (κ3) is 3.71. The van der Waals surface area contributed by atoms with Gasteiger partial charge in [-0.3, -0.25) is 4.79 Å². The van der Waals surface area contributed by atoms with Crippen LogP contribution in [0.2, 0.25) is 0 Å². The molecule has 2 N–H and O–H groups in total. The maximum absolute atomic E-state index is 12.9. The van der Waals surface area contributed by atoms with Crippen LogP contribution in [0.25, 0.3) is 0 Å². The van der Waals surface area contributed by atoms with Crippen molar-refractivity contribution in [1.29, 1.82) is 0 Å². The number of aliphatic hydroxyl groups is 2. The number of hydrogen-bond donors (Lipinski definition) is 2. The van der Waals surface area contributed by atoms with Crippen LogP contribution in [0, 0.1) is 28.6 Å². The number of fused-ring (bicyclic) bond motifs is 5. The molecule has 0 aromatic carbocycles. The van der Waals surface area contributed by atoms with E-state index >= 15 is 0 Å². The topological polar surface area (TPSA) is 110 Å². The molecule has 7 heteroatoms. The largest absolute Gasteiger partial charge is 0.462 e. The summed E-state index contributed by atoms with van der Waals surface area (Å²) >= 11 is 0. The Balaban J connectivity index is 1.35. The lowest BCUT2D eigenvalue weighted by Gasteiger charge is -2.65. The highest BCUT2D eigenvalue weighted by molar-refractivity contribution is 5.85. The van der Waals surface area contributed by atoms with Crippen LogP contribution >= 0.6 is 0 Å². The summed E-state index contributed by atoms with van der Waals surface area (Å²) in [7, 11) is 0. The predicted molar refractivity (Wildman–Crippen MR) is 132 cm³/mol. The lowest BCUT2D eigenvalue weighted by Crippen LogP contribution is -2.69. The number of aldehydes is 1. The standard InChI is InChI=1S/C29H42O7/c1-3-4-5-6-24(31)36-20-7-12-27(18-30)22-8-11-26(2)21(19-15-25(32)35-17-19)10-14-29(26,34)23(22)9-13-28(27,33)16-20/h15,18,20-23,33-34H,3-14,16-17H2,1-2H3/t20-,21+,22-,23+,26+,27-,28-,29?/m0/s1. The van der Waals surface area contributed by atoms with E-state index in [0.29, 0.717) is 51.6 Å². The van der Waals surface area contributed by atoms with Gasteiger partial charge in [-0.15, -0.1) is 0 Å². The number of esters is 2. The van der Waals surface area contributed by atoms with Crippen molar-refractivity contribution in [2.24, 2.45) is 28.6 Å². The number of ether oxygens (including phenoxy) is 2. The lowest BCUT2D eigenvalue weighted by atomic mass is 9.41. The smallest absolute Gasteiger partial charge is 0.331 e. The van der Waals surface area contributed by atoms with Crippen molar-refractivity contribution >= 4 is 18.2 Å². The molecule has 0 aromatic rings. The molecule has 4 saturated carbocycles. The Morgan fingerprint density at radius 1 is 1.11 bits per heavy atom. The number of unbranched alkanes of at least 4 members (excludes halogenated alkanes) is 2. The van der Waals surface area contributed by atoms with Crippen molar-refractivity contribution in [2.75, 3.05) is 6.61 Å². The number of hydrogen-bond acceptors (Lipinski definition) is 7. The van der Waals surface area contributed by atoms with Crippen molar-refractivity contribution in [3.63, 3.8) is 0 Å². The Morgan fingerprint density at radius 2 is 1.89 bits per heavy atom. The van der Waals surface area contributed by atoms with Gasteiger partial charge in [0.2, 0.25) is 0 Å². The molecule has 4 fully saturated rings. The summed E-state index contributed by atoms with van der Waals surface area (Å²) in [6.07, 6.45) is 10.8. The van der Waals surface area contributed by atoms with Gasteiger partial charge in [0.1, 0.15) is 19.0 Å². The fraction of sp³-hybridized carbons (Fsp3) is 0.828. The molecule has 0 radical (unpaired) electrons. The molecule has 7 nitrogen and oxygen atoms in total. The Kier molecular flexibility index (Phi) is 6.64. The van der Waals surface area contributed by atoms with Crippen molar-refractivity contribution in [3.8, 4) is 0 Å². The van der Waals surface area contributed by atoms with Crippen LogP contribution in [-0.2, 0) is 23.9 Å². The van der Waals surface area contributed by atoms with E-state index in [9.17, 15) is 24.6 Å². The summed E-state index contributed by atoms with van der Waals surface area (Å²) in [5.74, 6) is -0.623. The predicted octanol–water partition coefficient (Wildman–Crippen LogP) is 4.03. The van der Waals surface area contributed by atoms with Gasteiger partial charge in [0.25, 0.3) is 0 Å². The maximum Gasteiger partial charge on any atom is 0.331 e. The van der Waals surface area contributed by atoms with E-state index in [1.807, 2.05) is 0 Å². The highest BCUT2D eigenvalue weighted by Gasteiger charge is 2.71. The molecule has 200 valence electrons. The number of rotatable bonds is 7. The quantitative estimate of drug-likeness (QED) is 0.307. The van der Waals surface area contributed by atoms with E-state index in [2.05, 4.69) is 13.8 Å². The van der Waals surface area contributed by atoms with E-state index in [1.165, 1.54) is 0 Å². The fourth-order valence-electron chi connectivity index (χ4n) is 9.18. The van der Waals surface area contributed by atoms with Gasteiger partial charge in [-0.05, 0) is 81.1 Å². The molecule has 1 heterocycles. The lowest BCUT2D eigenvalue weighted by molar-refractivity contribution is -0.249. The minimum Gasteiger partial charge on any atom is -0.462 e. The molecule has 0 aromatic heterocycles. The highest BCUT2D eigenvalue weighted by atomic mass is 16.5. The summed E-state index contributed by atoms with van der Waals surface area (Å²) in [6.45, 7) is 4.54. The van der Waals surface area contributed by atoms with E-state index in [1.54, 1.807) is 6.08 Å². The number of carbonyl (C=O) groups is 3. The first-order valence-electron chi connectivity index (χ1n) is 14.1. The maximum atomic E-state index is 12.9. The van der Waals surface area contributed by atoms with Crippen LogP contribution in [0.1, 0.15) is 97.3 Å². The van der Waals surface area contributed by atoms with Crippen LogP contribution in [0.5, 0.6) is 0 Å². The van der Waals surface area contributed by atoms with Gasteiger partial charge in [-0.25, -0.2) is 4.79 Å². The molecule has 0 bridgehead atoms. The summed E-state index contributed by atoms with van der Waals surface area (Å²) in [5.41, 5.74) is -2.51. The normalized spacial score (nSPS) is 45.7. The summed E-state index contributed by atoms with van der Waals surface area (Å²) < 4.78 is 10.9. The van der Waals surface area contributed by atoms with Crippen molar-refractivity contribution in [3.05, 3.63) is 11.6 Å². The van der Waals surface area contributed by atoms with Gasteiger partial charge in [-0.2, -0.15) is 0 Å². The first-order valence-corrected chi connectivity index (χ1v) is 14.1. The SMILES string of the molecule is CCCCCC(=O)O[C@H]1CC[C@]2(C=O)[C@H]3CC[C@]4(C)[C@@H](C5=CC(=O)OC5)CCC4(O)[C@@H]3CC[C@]2(O)C1. The fourth-order valence-corrected chi connectivity index (χ4v) is 9.18. The second kappa shape index (κ2) is 9.23. The van der Waals surface area contributed by atoms with E-state index in [-0.39, 0.29) is 35.8 Å². The van der Waals surface area contributed by atoms with Gasteiger partial charge >= 0.3 is 11.9 Å².